The van der Waals surface area contributed by atoms with Crippen LogP contribution in [0.3, 0.4) is 0 Å². The van der Waals surface area contributed by atoms with Crippen molar-refractivity contribution in [1.82, 2.24) is 5.32 Å². The fourth-order valence-corrected chi connectivity index (χ4v) is 2.53. The van der Waals surface area contributed by atoms with Gasteiger partial charge in [0.05, 0.1) is 19.2 Å². The number of carbonyl (C=O) groups excluding carboxylic acids is 1. The predicted octanol–water partition coefficient (Wildman–Crippen LogP) is 2.78. The van der Waals surface area contributed by atoms with Gasteiger partial charge in [-0.1, -0.05) is 31.9 Å². The minimum absolute atomic E-state index is 0.0313. The molecule has 4 heteroatoms. The largest absolute Gasteiger partial charge is 0.497 e. The van der Waals surface area contributed by atoms with Gasteiger partial charge in [0.15, 0.2) is 0 Å². The molecular weight excluding hydrogens is 264 g/mol. The number of unbranched alkanes of at least 4 members (excludes halogenated alkanes) is 1. The van der Waals surface area contributed by atoms with E-state index in [4.69, 9.17) is 10.5 Å². The number of benzene rings is 1. The number of nitrogens with two attached hydrogens (primary N) is 1. The van der Waals surface area contributed by atoms with Crippen LogP contribution in [0.15, 0.2) is 24.3 Å². The van der Waals surface area contributed by atoms with Crippen LogP contribution in [0, 0.1) is 5.92 Å². The van der Waals surface area contributed by atoms with E-state index in [2.05, 4.69) is 12.2 Å². The van der Waals surface area contributed by atoms with Gasteiger partial charge in [0.25, 0.3) is 0 Å². The Hall–Kier alpha value is -1.55. The first-order chi connectivity index (χ1) is 10.2. The van der Waals surface area contributed by atoms with Crippen molar-refractivity contribution < 1.29 is 9.53 Å². The number of methoxy groups -OCH3 is 1. The van der Waals surface area contributed by atoms with Crippen LogP contribution in [-0.2, 0) is 4.79 Å². The fraction of sp³-hybridized carbons (Fsp3) is 0.588. The molecular formula is C17H26N2O2. The van der Waals surface area contributed by atoms with E-state index in [9.17, 15) is 4.79 Å². The second-order valence-corrected chi connectivity index (χ2v) is 5.85. The van der Waals surface area contributed by atoms with E-state index in [-0.39, 0.29) is 11.9 Å². The zero-order chi connectivity index (χ0) is 15.2. The topological polar surface area (TPSA) is 64.4 Å². The molecule has 4 nitrogen and oxygen atoms in total. The number of hydrogen-bond acceptors (Lipinski definition) is 3. The molecule has 1 aliphatic carbocycles. The van der Waals surface area contributed by atoms with E-state index in [0.29, 0.717) is 5.92 Å². The highest BCUT2D eigenvalue weighted by Gasteiger charge is 2.34. The quantitative estimate of drug-likeness (QED) is 0.774. The molecule has 1 fully saturated rings. The number of amides is 1. The maximum atomic E-state index is 12.2. The molecule has 0 saturated heterocycles. The summed E-state index contributed by atoms with van der Waals surface area (Å²) < 4.78 is 5.18. The van der Waals surface area contributed by atoms with Gasteiger partial charge in [-0.2, -0.15) is 0 Å². The number of ether oxygens (including phenoxy) is 1. The van der Waals surface area contributed by atoms with Crippen LogP contribution >= 0.6 is 0 Å². The summed E-state index contributed by atoms with van der Waals surface area (Å²) in [5.74, 6) is 1.34. The Morgan fingerprint density at radius 3 is 2.57 bits per heavy atom. The van der Waals surface area contributed by atoms with Gasteiger partial charge in [-0.3, -0.25) is 4.79 Å². The zero-order valence-electron chi connectivity index (χ0n) is 13.0. The molecule has 2 unspecified atom stereocenters. The maximum absolute atomic E-state index is 12.2. The van der Waals surface area contributed by atoms with Crippen molar-refractivity contribution in [3.63, 3.8) is 0 Å². The van der Waals surface area contributed by atoms with Crippen molar-refractivity contribution in [2.24, 2.45) is 11.7 Å². The molecule has 1 saturated carbocycles. The molecule has 0 spiro atoms. The third-order valence-electron chi connectivity index (χ3n) is 4.07. The number of carbonyl (C=O) groups is 1. The molecule has 1 amide bonds. The Kier molecular flexibility index (Phi) is 5.62. The van der Waals surface area contributed by atoms with E-state index < -0.39 is 6.04 Å². The highest BCUT2D eigenvalue weighted by atomic mass is 16.5. The molecule has 0 aromatic heterocycles. The van der Waals surface area contributed by atoms with Crippen molar-refractivity contribution in [3.05, 3.63) is 29.8 Å². The summed E-state index contributed by atoms with van der Waals surface area (Å²) in [5.41, 5.74) is 7.10. The summed E-state index contributed by atoms with van der Waals surface area (Å²) in [6.45, 7) is 2.11. The SMILES string of the molecule is CCCCC(N)C(=O)NC(c1ccc(OC)cc1)C1CC1. The molecule has 0 radical (unpaired) electrons. The van der Waals surface area contributed by atoms with E-state index in [0.717, 1.165) is 30.6 Å². The predicted molar refractivity (Wildman–Crippen MR) is 84.1 cm³/mol. The number of nitrogens with one attached hydrogen (secondary N) is 1. The molecule has 116 valence electrons. The normalized spacial score (nSPS) is 17.1. The average molecular weight is 290 g/mol. The standard InChI is InChI=1S/C17H26N2O2/c1-3-4-5-15(18)17(20)19-16(12-6-7-12)13-8-10-14(21-2)11-9-13/h8-12,15-16H,3-7,18H2,1-2H3,(H,19,20). The summed E-state index contributed by atoms with van der Waals surface area (Å²) in [5, 5.41) is 3.14. The molecule has 1 aromatic rings. The summed E-state index contributed by atoms with van der Waals surface area (Å²) >= 11 is 0. The molecule has 0 bridgehead atoms. The maximum Gasteiger partial charge on any atom is 0.237 e. The second kappa shape index (κ2) is 7.46. The molecule has 1 aliphatic rings. The highest BCUT2D eigenvalue weighted by molar-refractivity contribution is 5.81. The molecule has 2 rings (SSSR count). The number of hydrogen-bond donors (Lipinski definition) is 2. The Morgan fingerprint density at radius 2 is 2.05 bits per heavy atom. The van der Waals surface area contributed by atoms with Crippen LogP contribution in [0.1, 0.15) is 50.6 Å². The van der Waals surface area contributed by atoms with Crippen molar-refractivity contribution in [1.29, 1.82) is 0 Å². The lowest BCUT2D eigenvalue weighted by atomic mass is 10.0. The summed E-state index contributed by atoms with van der Waals surface area (Å²) in [4.78, 5) is 12.2. The van der Waals surface area contributed by atoms with Crippen LogP contribution in [0.4, 0.5) is 0 Å². The first kappa shape index (κ1) is 15.8. The van der Waals surface area contributed by atoms with Crippen LogP contribution in [0.25, 0.3) is 0 Å². The van der Waals surface area contributed by atoms with E-state index >= 15 is 0 Å². The van der Waals surface area contributed by atoms with Gasteiger partial charge in [0.1, 0.15) is 5.75 Å². The lowest BCUT2D eigenvalue weighted by Gasteiger charge is -2.21. The molecule has 0 heterocycles. The Bertz CT molecular complexity index is 454. The molecule has 0 aliphatic heterocycles. The lowest BCUT2D eigenvalue weighted by Crippen LogP contribution is -2.42. The smallest absolute Gasteiger partial charge is 0.237 e. The molecule has 2 atom stereocenters. The number of rotatable bonds is 8. The zero-order valence-corrected chi connectivity index (χ0v) is 13.0. The van der Waals surface area contributed by atoms with E-state index in [1.54, 1.807) is 7.11 Å². The first-order valence-electron chi connectivity index (χ1n) is 7.85. The van der Waals surface area contributed by atoms with Gasteiger partial charge >= 0.3 is 0 Å². The third kappa shape index (κ3) is 4.46. The second-order valence-electron chi connectivity index (χ2n) is 5.85. The Morgan fingerprint density at radius 1 is 1.38 bits per heavy atom. The minimum atomic E-state index is -0.399. The van der Waals surface area contributed by atoms with Crippen LogP contribution in [0.5, 0.6) is 5.75 Å². The van der Waals surface area contributed by atoms with E-state index in [1.165, 1.54) is 12.8 Å². The van der Waals surface area contributed by atoms with Gasteiger partial charge in [0.2, 0.25) is 5.91 Å². The van der Waals surface area contributed by atoms with Gasteiger partial charge < -0.3 is 15.8 Å². The molecule has 1 aromatic carbocycles. The third-order valence-corrected chi connectivity index (χ3v) is 4.07. The van der Waals surface area contributed by atoms with Gasteiger partial charge in [-0.15, -0.1) is 0 Å². The lowest BCUT2D eigenvalue weighted by molar-refractivity contribution is -0.123. The van der Waals surface area contributed by atoms with Crippen molar-refractivity contribution in [2.75, 3.05) is 7.11 Å². The summed E-state index contributed by atoms with van der Waals surface area (Å²) in [6, 6.07) is 7.61. The van der Waals surface area contributed by atoms with Crippen LogP contribution in [-0.4, -0.2) is 19.1 Å². The van der Waals surface area contributed by atoms with Crippen molar-refractivity contribution >= 4 is 5.91 Å². The monoisotopic (exact) mass is 290 g/mol. The van der Waals surface area contributed by atoms with E-state index in [1.807, 2.05) is 24.3 Å². The summed E-state index contributed by atoms with van der Waals surface area (Å²) in [7, 11) is 1.65. The Balaban J connectivity index is 2.00. The molecule has 21 heavy (non-hydrogen) atoms. The highest BCUT2D eigenvalue weighted by Crippen LogP contribution is 2.41. The van der Waals surface area contributed by atoms with Crippen molar-refractivity contribution in [3.8, 4) is 5.75 Å². The fourth-order valence-electron chi connectivity index (χ4n) is 2.53. The molecule has 3 N–H and O–H groups in total. The average Bonchev–Trinajstić information content (AvgIpc) is 3.34. The Labute approximate surface area is 127 Å². The van der Waals surface area contributed by atoms with Gasteiger partial charge in [-0.25, -0.2) is 0 Å². The first-order valence-corrected chi connectivity index (χ1v) is 7.85. The van der Waals surface area contributed by atoms with Gasteiger partial charge in [0, 0.05) is 0 Å². The van der Waals surface area contributed by atoms with Crippen LogP contribution in [0.2, 0.25) is 0 Å². The summed E-state index contributed by atoms with van der Waals surface area (Å²) in [6.07, 6.45) is 5.14. The van der Waals surface area contributed by atoms with Crippen LogP contribution < -0.4 is 15.8 Å². The van der Waals surface area contributed by atoms with Gasteiger partial charge in [-0.05, 0) is 42.9 Å². The van der Waals surface area contributed by atoms with Crippen molar-refractivity contribution in [2.45, 2.75) is 51.1 Å². The minimum Gasteiger partial charge on any atom is -0.497 e.